The zero-order valence-corrected chi connectivity index (χ0v) is 17.3. The number of nitriles is 1. The van der Waals surface area contributed by atoms with Crippen LogP contribution in [-0.2, 0) is 13.0 Å². The number of nitrogens with one attached hydrogen (secondary N) is 2. The number of aliphatic imine (C=N–C) groups is 1. The van der Waals surface area contributed by atoms with Crippen molar-refractivity contribution in [3.8, 4) is 6.07 Å². The maximum Gasteiger partial charge on any atom is 0.191 e. The average Bonchev–Trinajstić information content (AvgIpc) is 2.96. The summed E-state index contributed by atoms with van der Waals surface area (Å²) in [6.45, 7) is 4.96. The van der Waals surface area contributed by atoms with E-state index in [9.17, 15) is 0 Å². The quantitative estimate of drug-likeness (QED) is 0.410. The second-order valence-electron chi connectivity index (χ2n) is 5.50. The molecule has 0 aliphatic carbocycles. The van der Waals surface area contributed by atoms with Crippen molar-refractivity contribution in [1.82, 2.24) is 10.6 Å². The Morgan fingerprint density at radius 2 is 1.96 bits per heavy atom. The molecule has 0 amide bonds. The lowest BCUT2D eigenvalue weighted by atomic mass is 10.1. The van der Waals surface area contributed by atoms with Crippen molar-refractivity contribution in [2.45, 2.75) is 32.9 Å². The molecule has 1 aromatic heterocycles. The van der Waals surface area contributed by atoms with Gasteiger partial charge < -0.3 is 10.6 Å². The molecule has 0 aliphatic heterocycles. The van der Waals surface area contributed by atoms with Gasteiger partial charge >= 0.3 is 0 Å². The molecular formula is C18H23IN4S. The van der Waals surface area contributed by atoms with Crippen molar-refractivity contribution >= 4 is 41.3 Å². The fourth-order valence-corrected chi connectivity index (χ4v) is 3.28. The van der Waals surface area contributed by atoms with Crippen LogP contribution in [0.25, 0.3) is 0 Å². The third-order valence-corrected chi connectivity index (χ3v) is 4.48. The van der Waals surface area contributed by atoms with Crippen LogP contribution in [0.3, 0.4) is 0 Å². The van der Waals surface area contributed by atoms with Gasteiger partial charge in [-0.25, -0.2) is 0 Å². The van der Waals surface area contributed by atoms with Gasteiger partial charge in [0.15, 0.2) is 5.96 Å². The maximum absolute atomic E-state index is 8.81. The highest BCUT2D eigenvalue weighted by Gasteiger charge is 2.07. The highest BCUT2D eigenvalue weighted by atomic mass is 127. The third-order valence-electron chi connectivity index (χ3n) is 3.45. The number of hydrogen-bond acceptors (Lipinski definition) is 3. The van der Waals surface area contributed by atoms with Crippen LogP contribution in [-0.4, -0.2) is 19.0 Å². The summed E-state index contributed by atoms with van der Waals surface area (Å²) in [5.41, 5.74) is 1.80. The number of halogens is 1. The smallest absolute Gasteiger partial charge is 0.191 e. The molecule has 1 unspecified atom stereocenters. The molecule has 0 fully saturated rings. The van der Waals surface area contributed by atoms with E-state index in [0.717, 1.165) is 17.9 Å². The van der Waals surface area contributed by atoms with Crippen LogP contribution in [0.5, 0.6) is 0 Å². The highest BCUT2D eigenvalue weighted by molar-refractivity contribution is 14.0. The standard InChI is InChI=1S/C18H22N4S.HI/c1-13(10-17-9-4-14(2)23-17)22-18(20-3)21-12-16-7-5-15(11-19)6-8-16;/h4-9,13H,10,12H2,1-3H3,(H2,20,21,22);1H. The molecular weight excluding hydrogens is 431 g/mol. The van der Waals surface area contributed by atoms with Crippen molar-refractivity contribution in [2.24, 2.45) is 4.99 Å². The molecule has 2 aromatic rings. The van der Waals surface area contributed by atoms with Crippen molar-refractivity contribution in [3.63, 3.8) is 0 Å². The van der Waals surface area contributed by atoms with Crippen LogP contribution in [0.2, 0.25) is 0 Å². The minimum Gasteiger partial charge on any atom is -0.354 e. The van der Waals surface area contributed by atoms with Crippen LogP contribution in [0, 0.1) is 18.3 Å². The van der Waals surface area contributed by atoms with Gasteiger partial charge in [-0.3, -0.25) is 4.99 Å². The lowest BCUT2D eigenvalue weighted by Gasteiger charge is -2.17. The number of benzene rings is 1. The fraction of sp³-hybridized carbons (Fsp3) is 0.333. The molecule has 1 aromatic carbocycles. The van der Waals surface area contributed by atoms with E-state index in [-0.39, 0.29) is 24.0 Å². The van der Waals surface area contributed by atoms with Crippen LogP contribution in [0.15, 0.2) is 41.4 Å². The Morgan fingerprint density at radius 3 is 2.50 bits per heavy atom. The Hall–Kier alpha value is -1.59. The summed E-state index contributed by atoms with van der Waals surface area (Å²) < 4.78 is 0. The first kappa shape index (κ1) is 20.5. The van der Waals surface area contributed by atoms with Gasteiger partial charge in [0.25, 0.3) is 0 Å². The van der Waals surface area contributed by atoms with E-state index in [1.54, 1.807) is 7.05 Å². The summed E-state index contributed by atoms with van der Waals surface area (Å²) in [6.07, 6.45) is 0.982. The number of guanidine groups is 1. The average molecular weight is 454 g/mol. The second kappa shape index (κ2) is 10.3. The van der Waals surface area contributed by atoms with Crippen LogP contribution >= 0.6 is 35.3 Å². The van der Waals surface area contributed by atoms with E-state index >= 15 is 0 Å². The van der Waals surface area contributed by atoms with E-state index in [2.05, 4.69) is 47.7 Å². The predicted molar refractivity (Wildman–Crippen MR) is 112 cm³/mol. The Kier molecular flexibility index (Phi) is 8.79. The zero-order chi connectivity index (χ0) is 16.7. The Balaban J connectivity index is 0.00000288. The summed E-state index contributed by atoms with van der Waals surface area (Å²) in [5.74, 6) is 0.787. The lowest BCUT2D eigenvalue weighted by Crippen LogP contribution is -2.42. The molecule has 0 saturated heterocycles. The molecule has 1 heterocycles. The van der Waals surface area contributed by atoms with E-state index in [1.165, 1.54) is 9.75 Å². The van der Waals surface area contributed by atoms with E-state index in [4.69, 9.17) is 5.26 Å². The molecule has 6 heteroatoms. The minimum absolute atomic E-state index is 0. The number of thiophene rings is 1. The molecule has 0 aliphatic rings. The molecule has 1 atom stereocenters. The van der Waals surface area contributed by atoms with Gasteiger partial charge in [-0.15, -0.1) is 35.3 Å². The number of aryl methyl sites for hydroxylation is 1. The van der Waals surface area contributed by atoms with Crippen molar-refractivity contribution in [1.29, 1.82) is 5.26 Å². The van der Waals surface area contributed by atoms with Gasteiger partial charge in [-0.05, 0) is 43.7 Å². The maximum atomic E-state index is 8.81. The summed E-state index contributed by atoms with van der Waals surface area (Å²) in [5, 5.41) is 15.5. The molecule has 128 valence electrons. The highest BCUT2D eigenvalue weighted by Crippen LogP contribution is 2.16. The van der Waals surface area contributed by atoms with Gasteiger partial charge in [-0.2, -0.15) is 5.26 Å². The monoisotopic (exact) mass is 454 g/mol. The summed E-state index contributed by atoms with van der Waals surface area (Å²) >= 11 is 1.84. The second-order valence-corrected chi connectivity index (χ2v) is 6.87. The SMILES string of the molecule is CN=C(NCc1ccc(C#N)cc1)NC(C)Cc1ccc(C)s1.I. The molecule has 0 saturated carbocycles. The molecule has 0 bridgehead atoms. The van der Waals surface area contributed by atoms with E-state index in [0.29, 0.717) is 18.2 Å². The van der Waals surface area contributed by atoms with Gasteiger partial charge in [0.05, 0.1) is 11.6 Å². The molecule has 2 N–H and O–H groups in total. The number of hydrogen-bond donors (Lipinski definition) is 2. The Bertz CT molecular complexity index is 701. The van der Waals surface area contributed by atoms with Gasteiger partial charge in [-0.1, -0.05) is 12.1 Å². The number of nitrogens with zero attached hydrogens (tertiary/aromatic N) is 2. The molecule has 2 rings (SSSR count). The van der Waals surface area contributed by atoms with Crippen LogP contribution < -0.4 is 10.6 Å². The van der Waals surface area contributed by atoms with E-state index < -0.39 is 0 Å². The number of rotatable bonds is 5. The molecule has 0 radical (unpaired) electrons. The zero-order valence-electron chi connectivity index (χ0n) is 14.2. The van der Waals surface area contributed by atoms with Gasteiger partial charge in [0.1, 0.15) is 0 Å². The first-order chi connectivity index (χ1) is 11.1. The van der Waals surface area contributed by atoms with Crippen LogP contribution in [0.4, 0.5) is 0 Å². The lowest BCUT2D eigenvalue weighted by molar-refractivity contribution is 0.645. The summed E-state index contributed by atoms with van der Waals surface area (Å²) in [7, 11) is 1.77. The first-order valence-electron chi connectivity index (χ1n) is 7.62. The third kappa shape index (κ3) is 6.49. The Labute approximate surface area is 165 Å². The summed E-state index contributed by atoms with van der Waals surface area (Å²) in [6, 6.07) is 14.3. The molecule has 4 nitrogen and oxygen atoms in total. The molecule has 0 spiro atoms. The summed E-state index contributed by atoms with van der Waals surface area (Å²) in [4.78, 5) is 6.99. The van der Waals surface area contributed by atoms with Crippen molar-refractivity contribution in [2.75, 3.05) is 7.05 Å². The largest absolute Gasteiger partial charge is 0.354 e. The Morgan fingerprint density at radius 1 is 1.25 bits per heavy atom. The van der Waals surface area contributed by atoms with Crippen LogP contribution in [0.1, 0.15) is 27.8 Å². The van der Waals surface area contributed by atoms with Crippen molar-refractivity contribution in [3.05, 3.63) is 57.3 Å². The fourth-order valence-electron chi connectivity index (χ4n) is 2.26. The van der Waals surface area contributed by atoms with Gasteiger partial charge in [0.2, 0.25) is 0 Å². The minimum atomic E-state index is 0. The van der Waals surface area contributed by atoms with E-state index in [1.807, 2.05) is 35.6 Å². The first-order valence-corrected chi connectivity index (χ1v) is 8.44. The topological polar surface area (TPSA) is 60.2 Å². The van der Waals surface area contributed by atoms with Crippen molar-refractivity contribution < 1.29 is 0 Å². The predicted octanol–water partition coefficient (Wildman–Crippen LogP) is 3.84. The molecule has 24 heavy (non-hydrogen) atoms. The normalized spacial score (nSPS) is 12.0. The van der Waals surface area contributed by atoms with Gasteiger partial charge in [0, 0.05) is 35.8 Å².